The minimum absolute atomic E-state index is 0.0425. The first kappa shape index (κ1) is 28.2. The van der Waals surface area contributed by atoms with Crippen molar-refractivity contribution in [3.05, 3.63) is 93.5 Å². The van der Waals surface area contributed by atoms with E-state index in [-0.39, 0.29) is 33.1 Å². The van der Waals surface area contributed by atoms with Gasteiger partial charge in [0.15, 0.2) is 0 Å². The molecule has 1 amide bonds. The Morgan fingerprint density at radius 2 is 1.51 bits per heavy atom. The second-order valence-corrected chi connectivity index (χ2v) is 11.4. The molecule has 1 aliphatic heterocycles. The minimum Gasteiger partial charge on any atom is -0.507 e. The maximum Gasteiger partial charge on any atom is 0.300 e. The third-order valence-corrected chi connectivity index (χ3v) is 7.40. The Bertz CT molecular complexity index is 1430. The number of anilines is 1. The van der Waals surface area contributed by atoms with Gasteiger partial charge in [0.25, 0.3) is 11.7 Å². The van der Waals surface area contributed by atoms with Crippen LogP contribution in [0, 0.1) is 0 Å². The molecule has 1 unspecified atom stereocenters. The molecule has 0 bridgehead atoms. The van der Waals surface area contributed by atoms with Crippen LogP contribution in [0.3, 0.4) is 0 Å². The fourth-order valence-electron chi connectivity index (χ4n) is 4.79. The topological polar surface area (TPSA) is 76.1 Å². The van der Waals surface area contributed by atoms with Crippen molar-refractivity contribution in [2.75, 3.05) is 19.1 Å². The second-order valence-electron chi connectivity index (χ2n) is 11.0. The number of hydrogen-bond acceptors (Lipinski definition) is 5. The van der Waals surface area contributed by atoms with Gasteiger partial charge in [-0.3, -0.25) is 14.5 Å². The van der Waals surface area contributed by atoms with Gasteiger partial charge < -0.3 is 14.6 Å². The molecule has 4 rings (SSSR count). The lowest BCUT2D eigenvalue weighted by molar-refractivity contribution is -0.132. The average molecular weight is 548 g/mol. The molecule has 0 aliphatic carbocycles. The molecule has 6 nitrogen and oxygen atoms in total. The molecule has 3 aromatic rings. The molecule has 1 N–H and O–H groups in total. The first-order valence-corrected chi connectivity index (χ1v) is 13.2. The predicted molar refractivity (Wildman–Crippen MR) is 155 cm³/mol. The van der Waals surface area contributed by atoms with Crippen LogP contribution >= 0.6 is 11.6 Å². The minimum atomic E-state index is -0.865. The predicted octanol–water partition coefficient (Wildman–Crippen LogP) is 7.40. The number of Topliss-reactive ketones (excluding diaryl/α,β-unsaturated/α-hetero) is 1. The summed E-state index contributed by atoms with van der Waals surface area (Å²) in [6, 6.07) is 17.5. The highest BCUT2D eigenvalue weighted by molar-refractivity contribution is 6.51. The molecule has 0 aromatic heterocycles. The number of carbonyl (C=O) groups is 2. The molecule has 1 fully saturated rings. The molecule has 1 saturated heterocycles. The Balaban J connectivity index is 1.97. The normalized spacial score (nSPS) is 17.2. The van der Waals surface area contributed by atoms with Gasteiger partial charge in [-0.25, -0.2) is 0 Å². The summed E-state index contributed by atoms with van der Waals surface area (Å²) in [5.74, 6) is -1.04. The van der Waals surface area contributed by atoms with E-state index in [9.17, 15) is 14.7 Å². The number of halogens is 1. The van der Waals surface area contributed by atoms with Gasteiger partial charge >= 0.3 is 0 Å². The first-order chi connectivity index (χ1) is 18.4. The lowest BCUT2D eigenvalue weighted by Gasteiger charge is -2.27. The molecule has 1 heterocycles. The quantitative estimate of drug-likeness (QED) is 0.197. The highest BCUT2D eigenvalue weighted by Crippen LogP contribution is 2.45. The number of aliphatic hydroxyl groups is 1. The number of nitrogens with zero attached hydrogens (tertiary/aromatic N) is 1. The number of ether oxygens (including phenoxy) is 2. The Morgan fingerprint density at radius 1 is 0.923 bits per heavy atom. The number of benzene rings is 3. The van der Waals surface area contributed by atoms with E-state index in [0.717, 1.165) is 11.1 Å². The summed E-state index contributed by atoms with van der Waals surface area (Å²) in [4.78, 5) is 28.6. The average Bonchev–Trinajstić information content (AvgIpc) is 3.17. The van der Waals surface area contributed by atoms with Crippen LogP contribution in [-0.2, 0) is 15.0 Å². The van der Waals surface area contributed by atoms with Crippen molar-refractivity contribution >= 4 is 34.7 Å². The maximum absolute atomic E-state index is 13.6. The van der Waals surface area contributed by atoms with Crippen LogP contribution in [0.25, 0.3) is 5.76 Å². The van der Waals surface area contributed by atoms with Gasteiger partial charge in [0.05, 0.1) is 36.4 Å². The molecule has 1 aliphatic rings. The monoisotopic (exact) mass is 547 g/mol. The summed E-state index contributed by atoms with van der Waals surface area (Å²) in [6.07, 6.45) is 0. The summed E-state index contributed by atoms with van der Waals surface area (Å²) < 4.78 is 10.8. The summed E-state index contributed by atoms with van der Waals surface area (Å²) >= 11 is 6.28. The number of ketones is 1. The maximum atomic E-state index is 13.6. The van der Waals surface area contributed by atoms with Gasteiger partial charge in [-0.05, 0) is 46.2 Å². The van der Waals surface area contributed by atoms with Gasteiger partial charge in [0.1, 0.15) is 17.3 Å². The second kappa shape index (κ2) is 10.8. The van der Waals surface area contributed by atoms with Crippen LogP contribution in [0.1, 0.15) is 68.8 Å². The van der Waals surface area contributed by atoms with E-state index in [2.05, 4.69) is 34.6 Å². The van der Waals surface area contributed by atoms with Crippen LogP contribution in [0.5, 0.6) is 11.5 Å². The zero-order chi connectivity index (χ0) is 28.6. The molecule has 39 heavy (non-hydrogen) atoms. The summed E-state index contributed by atoms with van der Waals surface area (Å²) in [5.41, 5.74) is 3.54. The largest absolute Gasteiger partial charge is 0.507 e. The van der Waals surface area contributed by atoms with Gasteiger partial charge in [0.2, 0.25) is 0 Å². The molecule has 7 heteroatoms. The zero-order valence-electron chi connectivity index (χ0n) is 23.3. The number of rotatable bonds is 6. The lowest BCUT2D eigenvalue weighted by Crippen LogP contribution is -2.29. The number of amides is 1. The summed E-state index contributed by atoms with van der Waals surface area (Å²) in [5, 5.41) is 11.9. The van der Waals surface area contributed by atoms with Crippen molar-refractivity contribution in [3.8, 4) is 11.5 Å². The van der Waals surface area contributed by atoms with Crippen molar-refractivity contribution in [2.24, 2.45) is 0 Å². The van der Waals surface area contributed by atoms with E-state index >= 15 is 0 Å². The number of methoxy groups -OCH3 is 2. The summed E-state index contributed by atoms with van der Waals surface area (Å²) in [7, 11) is 2.89. The van der Waals surface area contributed by atoms with E-state index in [1.807, 2.05) is 48.5 Å². The highest BCUT2D eigenvalue weighted by atomic mass is 35.5. The lowest BCUT2D eigenvalue weighted by atomic mass is 9.85. The Hall–Kier alpha value is -3.77. The van der Waals surface area contributed by atoms with E-state index < -0.39 is 17.7 Å². The number of aliphatic hydroxyl groups excluding tert-OH is 1. The molecular weight excluding hydrogens is 514 g/mol. The standard InChI is InChI=1S/C32H34ClNO5/c1-18(2)19-10-14-22(15-11-19)34-28(20-8-12-21(13-9-20)32(3,4)5)27(30(36)31(34)37)29(35)23-16-26(39-7)24(33)17-25(23)38-6/h8-18,28,35H,1-7H3/b29-27+. The van der Waals surface area contributed by atoms with Crippen LogP contribution in [-0.4, -0.2) is 31.0 Å². The summed E-state index contributed by atoms with van der Waals surface area (Å²) in [6.45, 7) is 10.5. The molecule has 3 aromatic carbocycles. The number of hydrogen-bond donors (Lipinski definition) is 1. The molecule has 1 atom stereocenters. The molecule has 0 radical (unpaired) electrons. The smallest absolute Gasteiger partial charge is 0.300 e. The Kier molecular flexibility index (Phi) is 7.80. The number of carbonyl (C=O) groups excluding carboxylic acids is 2. The highest BCUT2D eigenvalue weighted by Gasteiger charge is 2.47. The Labute approximate surface area is 234 Å². The molecular formula is C32H34ClNO5. The van der Waals surface area contributed by atoms with Crippen molar-refractivity contribution in [1.82, 2.24) is 0 Å². The Morgan fingerprint density at radius 3 is 2.03 bits per heavy atom. The van der Waals surface area contributed by atoms with Crippen molar-refractivity contribution in [2.45, 2.75) is 52.0 Å². The van der Waals surface area contributed by atoms with Gasteiger partial charge in [0, 0.05) is 11.8 Å². The van der Waals surface area contributed by atoms with E-state index in [0.29, 0.717) is 22.9 Å². The van der Waals surface area contributed by atoms with Crippen LogP contribution in [0.15, 0.2) is 66.2 Å². The van der Waals surface area contributed by atoms with Gasteiger partial charge in [-0.15, -0.1) is 0 Å². The van der Waals surface area contributed by atoms with E-state index in [4.69, 9.17) is 21.1 Å². The van der Waals surface area contributed by atoms with Gasteiger partial charge in [-0.1, -0.05) is 82.6 Å². The first-order valence-electron chi connectivity index (χ1n) is 12.8. The van der Waals surface area contributed by atoms with E-state index in [1.54, 1.807) is 0 Å². The zero-order valence-corrected chi connectivity index (χ0v) is 24.1. The molecule has 0 spiro atoms. The van der Waals surface area contributed by atoms with Crippen molar-refractivity contribution < 1.29 is 24.2 Å². The van der Waals surface area contributed by atoms with Crippen LogP contribution < -0.4 is 14.4 Å². The van der Waals surface area contributed by atoms with Crippen LogP contribution in [0.4, 0.5) is 5.69 Å². The van der Waals surface area contributed by atoms with Gasteiger partial charge in [-0.2, -0.15) is 0 Å². The third-order valence-electron chi connectivity index (χ3n) is 7.10. The molecule has 204 valence electrons. The third kappa shape index (κ3) is 5.26. The van der Waals surface area contributed by atoms with E-state index in [1.165, 1.54) is 31.3 Å². The van der Waals surface area contributed by atoms with Crippen molar-refractivity contribution in [1.29, 1.82) is 0 Å². The SMILES string of the molecule is COc1cc(/C(O)=C2\C(=O)C(=O)N(c3ccc(C(C)C)cc3)C2c2ccc(C(C)(C)C)cc2)c(OC)cc1Cl. The fraction of sp³-hybridized carbons (Fsp3) is 0.312. The van der Waals surface area contributed by atoms with Crippen LogP contribution in [0.2, 0.25) is 5.02 Å². The fourth-order valence-corrected chi connectivity index (χ4v) is 5.02. The van der Waals surface area contributed by atoms with Crippen molar-refractivity contribution in [3.63, 3.8) is 0 Å². The molecule has 0 saturated carbocycles.